The molecule has 1 saturated heterocycles. The van der Waals surface area contributed by atoms with E-state index in [9.17, 15) is 19.5 Å². The Morgan fingerprint density at radius 1 is 0.964 bits per heavy atom. The molecule has 3 rings (SSSR count). The summed E-state index contributed by atoms with van der Waals surface area (Å²) in [6.45, 7) is 0.971. The average molecular weight is 387 g/mol. The highest BCUT2D eigenvalue weighted by Gasteiger charge is 2.34. The maximum absolute atomic E-state index is 12.8. The number of carboxylic acids is 1. The standard InChI is InChI=1S/C21H29N3O4/c25-19(23-18-12-6-2-5-11-17(18)20(26)27)15-8-7-13-24(14-15)21(28)22-16-9-3-1-4-10-16/h1,3-4,9-10,15,17-18H,2,5-8,11-14H2,(H,22,28)(H,23,25)(H,26,27)/t15?,17-,18+/m1/s1. The zero-order valence-corrected chi connectivity index (χ0v) is 16.1. The fourth-order valence-electron chi connectivity index (χ4n) is 4.18. The summed E-state index contributed by atoms with van der Waals surface area (Å²) in [5.41, 5.74) is 0.724. The molecule has 1 aliphatic heterocycles. The minimum atomic E-state index is -0.834. The van der Waals surface area contributed by atoms with Gasteiger partial charge in [0.25, 0.3) is 0 Å². The number of urea groups is 1. The molecule has 1 unspecified atom stereocenters. The number of rotatable bonds is 4. The lowest BCUT2D eigenvalue weighted by atomic mass is 9.92. The van der Waals surface area contributed by atoms with Gasteiger partial charge in [0.2, 0.25) is 5.91 Å². The Morgan fingerprint density at radius 3 is 2.46 bits per heavy atom. The monoisotopic (exact) mass is 387 g/mol. The molecule has 2 aliphatic rings. The van der Waals surface area contributed by atoms with E-state index in [1.165, 1.54) is 0 Å². The van der Waals surface area contributed by atoms with Gasteiger partial charge in [0.05, 0.1) is 11.8 Å². The number of para-hydroxylation sites is 1. The van der Waals surface area contributed by atoms with Gasteiger partial charge in [-0.3, -0.25) is 9.59 Å². The summed E-state index contributed by atoms with van der Waals surface area (Å²) in [6.07, 6.45) is 5.61. The third-order valence-electron chi connectivity index (χ3n) is 5.77. The molecule has 28 heavy (non-hydrogen) atoms. The molecule has 1 aromatic carbocycles. The van der Waals surface area contributed by atoms with Gasteiger partial charge >= 0.3 is 12.0 Å². The second-order valence-corrected chi connectivity index (χ2v) is 7.78. The van der Waals surface area contributed by atoms with Crippen LogP contribution in [0, 0.1) is 11.8 Å². The van der Waals surface area contributed by atoms with Crippen LogP contribution in [0.25, 0.3) is 0 Å². The Morgan fingerprint density at radius 2 is 1.71 bits per heavy atom. The normalized spacial score (nSPS) is 25.4. The predicted octanol–water partition coefficient (Wildman–Crippen LogP) is 3.08. The summed E-state index contributed by atoms with van der Waals surface area (Å²) in [7, 11) is 0. The maximum Gasteiger partial charge on any atom is 0.321 e. The molecule has 1 saturated carbocycles. The summed E-state index contributed by atoms with van der Waals surface area (Å²) < 4.78 is 0. The first-order valence-electron chi connectivity index (χ1n) is 10.2. The molecule has 3 N–H and O–H groups in total. The van der Waals surface area contributed by atoms with E-state index in [2.05, 4.69) is 10.6 Å². The van der Waals surface area contributed by atoms with Crippen molar-refractivity contribution in [1.82, 2.24) is 10.2 Å². The number of benzene rings is 1. The predicted molar refractivity (Wildman–Crippen MR) is 106 cm³/mol. The average Bonchev–Trinajstić information content (AvgIpc) is 2.94. The minimum absolute atomic E-state index is 0.129. The van der Waals surface area contributed by atoms with Gasteiger partial charge in [0.1, 0.15) is 0 Å². The van der Waals surface area contributed by atoms with Gasteiger partial charge in [0, 0.05) is 24.8 Å². The van der Waals surface area contributed by atoms with Crippen molar-refractivity contribution >= 4 is 23.6 Å². The van der Waals surface area contributed by atoms with Crippen molar-refractivity contribution in [2.75, 3.05) is 18.4 Å². The van der Waals surface area contributed by atoms with E-state index in [0.717, 1.165) is 31.4 Å². The van der Waals surface area contributed by atoms with E-state index in [1.807, 2.05) is 30.3 Å². The molecule has 0 aromatic heterocycles. The van der Waals surface area contributed by atoms with Crippen LogP contribution in [0.5, 0.6) is 0 Å². The lowest BCUT2D eigenvalue weighted by Crippen LogP contribution is -2.50. The summed E-state index contributed by atoms with van der Waals surface area (Å²) in [6, 6.07) is 8.72. The number of nitrogens with one attached hydrogen (secondary N) is 2. The molecule has 0 bridgehead atoms. The Bertz CT molecular complexity index is 694. The van der Waals surface area contributed by atoms with Crippen LogP contribution < -0.4 is 10.6 Å². The van der Waals surface area contributed by atoms with E-state index in [4.69, 9.17) is 0 Å². The van der Waals surface area contributed by atoms with E-state index in [0.29, 0.717) is 32.4 Å². The Balaban J connectivity index is 1.57. The molecule has 0 spiro atoms. The molecule has 2 fully saturated rings. The topological polar surface area (TPSA) is 98.7 Å². The first-order valence-corrected chi connectivity index (χ1v) is 10.2. The molecule has 1 aliphatic carbocycles. The van der Waals surface area contributed by atoms with Crippen molar-refractivity contribution in [2.24, 2.45) is 11.8 Å². The largest absolute Gasteiger partial charge is 0.481 e. The number of anilines is 1. The minimum Gasteiger partial charge on any atom is -0.481 e. The Labute approximate surface area is 165 Å². The van der Waals surface area contributed by atoms with Crippen molar-refractivity contribution < 1.29 is 19.5 Å². The van der Waals surface area contributed by atoms with Crippen LogP contribution in [-0.2, 0) is 9.59 Å². The van der Waals surface area contributed by atoms with Crippen molar-refractivity contribution in [3.8, 4) is 0 Å². The molecular formula is C21H29N3O4. The first-order chi connectivity index (χ1) is 13.5. The zero-order chi connectivity index (χ0) is 19.9. The van der Waals surface area contributed by atoms with E-state index in [1.54, 1.807) is 4.90 Å². The molecule has 0 radical (unpaired) electrons. The number of amides is 3. The van der Waals surface area contributed by atoms with Gasteiger partial charge in [0.15, 0.2) is 0 Å². The van der Waals surface area contributed by atoms with Crippen molar-refractivity contribution in [2.45, 2.75) is 51.0 Å². The molecular weight excluding hydrogens is 358 g/mol. The molecule has 1 heterocycles. The highest BCUT2D eigenvalue weighted by Crippen LogP contribution is 2.25. The fraction of sp³-hybridized carbons (Fsp3) is 0.571. The van der Waals surface area contributed by atoms with Crippen LogP contribution in [0.1, 0.15) is 44.9 Å². The highest BCUT2D eigenvalue weighted by molar-refractivity contribution is 5.90. The SMILES string of the molecule is O=C(N[C@H]1CCCCC[C@H]1C(=O)O)C1CCCN(C(=O)Nc2ccccc2)C1. The van der Waals surface area contributed by atoms with Gasteiger partial charge in [-0.2, -0.15) is 0 Å². The number of piperidine rings is 1. The molecule has 3 atom stereocenters. The number of aliphatic carboxylic acids is 1. The first kappa shape index (κ1) is 20.2. The molecule has 3 amide bonds. The van der Waals surface area contributed by atoms with Crippen LogP contribution in [0.2, 0.25) is 0 Å². The van der Waals surface area contributed by atoms with Crippen molar-refractivity contribution in [3.63, 3.8) is 0 Å². The second-order valence-electron chi connectivity index (χ2n) is 7.78. The van der Waals surface area contributed by atoms with Crippen LogP contribution in [-0.4, -0.2) is 47.0 Å². The number of hydrogen-bond donors (Lipinski definition) is 3. The molecule has 1 aromatic rings. The smallest absolute Gasteiger partial charge is 0.321 e. The van der Waals surface area contributed by atoms with Gasteiger partial charge < -0.3 is 20.6 Å². The number of carbonyl (C=O) groups excluding carboxylic acids is 2. The van der Waals surface area contributed by atoms with Crippen LogP contribution >= 0.6 is 0 Å². The zero-order valence-electron chi connectivity index (χ0n) is 16.1. The number of carbonyl (C=O) groups is 3. The molecule has 7 heteroatoms. The van der Waals surface area contributed by atoms with E-state index < -0.39 is 11.9 Å². The highest BCUT2D eigenvalue weighted by atomic mass is 16.4. The lowest BCUT2D eigenvalue weighted by molar-refractivity contribution is -0.143. The molecule has 7 nitrogen and oxygen atoms in total. The van der Waals surface area contributed by atoms with Crippen LogP contribution in [0.4, 0.5) is 10.5 Å². The van der Waals surface area contributed by atoms with Gasteiger partial charge in [-0.1, -0.05) is 37.5 Å². The van der Waals surface area contributed by atoms with Gasteiger partial charge in [-0.05, 0) is 37.8 Å². The van der Waals surface area contributed by atoms with E-state index >= 15 is 0 Å². The number of hydrogen-bond acceptors (Lipinski definition) is 3. The van der Waals surface area contributed by atoms with Crippen molar-refractivity contribution in [3.05, 3.63) is 30.3 Å². The number of nitrogens with zero attached hydrogens (tertiary/aromatic N) is 1. The van der Waals surface area contributed by atoms with Gasteiger partial charge in [-0.15, -0.1) is 0 Å². The third kappa shape index (κ3) is 5.24. The third-order valence-corrected chi connectivity index (χ3v) is 5.77. The Hall–Kier alpha value is -2.57. The molecule has 152 valence electrons. The maximum atomic E-state index is 12.8. The summed E-state index contributed by atoms with van der Waals surface area (Å²) >= 11 is 0. The van der Waals surface area contributed by atoms with E-state index in [-0.39, 0.29) is 23.9 Å². The number of likely N-dealkylation sites (tertiary alicyclic amines) is 1. The Kier molecular flexibility index (Phi) is 6.90. The lowest BCUT2D eigenvalue weighted by Gasteiger charge is -2.33. The van der Waals surface area contributed by atoms with Crippen LogP contribution in [0.15, 0.2) is 30.3 Å². The number of carboxylic acid groups (broad SMARTS) is 1. The van der Waals surface area contributed by atoms with Crippen LogP contribution in [0.3, 0.4) is 0 Å². The fourth-order valence-corrected chi connectivity index (χ4v) is 4.18. The van der Waals surface area contributed by atoms with Gasteiger partial charge in [-0.25, -0.2) is 4.79 Å². The summed E-state index contributed by atoms with van der Waals surface area (Å²) in [4.78, 5) is 38.6. The quantitative estimate of drug-likeness (QED) is 0.692. The summed E-state index contributed by atoms with van der Waals surface area (Å²) in [5, 5.41) is 15.4. The summed E-state index contributed by atoms with van der Waals surface area (Å²) in [5.74, 6) is -1.78. The van der Waals surface area contributed by atoms with Crippen molar-refractivity contribution in [1.29, 1.82) is 0 Å². The second kappa shape index (κ2) is 9.57.